The molecule has 0 saturated carbocycles. The number of nitrogens with zero attached hydrogens (tertiary/aromatic N) is 3. The molecular formula is C17H18N4S. The highest BCUT2D eigenvalue weighted by Gasteiger charge is 2.21. The lowest BCUT2D eigenvalue weighted by atomic mass is 9.97. The molecule has 0 unspecified atom stereocenters. The summed E-state index contributed by atoms with van der Waals surface area (Å²) in [7, 11) is 0. The van der Waals surface area contributed by atoms with Gasteiger partial charge in [-0.15, -0.1) is 11.3 Å². The van der Waals surface area contributed by atoms with Gasteiger partial charge in [0.1, 0.15) is 10.6 Å². The molecule has 0 aliphatic heterocycles. The second-order valence-corrected chi connectivity index (χ2v) is 6.64. The van der Waals surface area contributed by atoms with Gasteiger partial charge in [0.05, 0.1) is 5.39 Å². The van der Waals surface area contributed by atoms with Gasteiger partial charge in [0.15, 0.2) is 5.82 Å². The molecule has 112 valence electrons. The van der Waals surface area contributed by atoms with Crippen LogP contribution in [0.5, 0.6) is 0 Å². The third-order valence-corrected chi connectivity index (χ3v) is 5.26. The maximum absolute atomic E-state index is 4.82. The first-order chi connectivity index (χ1) is 10.9. The fraction of sp³-hybridized carbons (Fsp3) is 0.353. The summed E-state index contributed by atoms with van der Waals surface area (Å²) < 4.78 is 0. The Morgan fingerprint density at radius 3 is 2.95 bits per heavy atom. The van der Waals surface area contributed by atoms with Crippen molar-refractivity contribution in [1.29, 1.82) is 0 Å². The van der Waals surface area contributed by atoms with Crippen molar-refractivity contribution < 1.29 is 0 Å². The number of anilines is 1. The Hall–Kier alpha value is -2.01. The summed E-state index contributed by atoms with van der Waals surface area (Å²) in [4.78, 5) is 16.4. The van der Waals surface area contributed by atoms with E-state index in [2.05, 4.69) is 17.2 Å². The average molecular weight is 310 g/mol. The predicted octanol–water partition coefficient (Wildman–Crippen LogP) is 4.06. The van der Waals surface area contributed by atoms with Crippen LogP contribution < -0.4 is 5.32 Å². The largest absolute Gasteiger partial charge is 0.370 e. The minimum Gasteiger partial charge on any atom is -0.370 e. The van der Waals surface area contributed by atoms with Gasteiger partial charge in [0.2, 0.25) is 0 Å². The van der Waals surface area contributed by atoms with Gasteiger partial charge in [-0.2, -0.15) is 0 Å². The van der Waals surface area contributed by atoms with Crippen LogP contribution in [0.25, 0.3) is 21.6 Å². The number of pyridine rings is 1. The highest BCUT2D eigenvalue weighted by Crippen LogP contribution is 2.39. The molecule has 3 aromatic rings. The van der Waals surface area contributed by atoms with Gasteiger partial charge in [-0.05, 0) is 50.3 Å². The van der Waals surface area contributed by atoms with E-state index in [9.17, 15) is 0 Å². The number of aromatic nitrogens is 3. The number of thiophene rings is 1. The van der Waals surface area contributed by atoms with E-state index in [4.69, 9.17) is 9.97 Å². The molecule has 1 aliphatic rings. The highest BCUT2D eigenvalue weighted by molar-refractivity contribution is 7.19. The molecule has 0 atom stereocenters. The molecule has 4 rings (SSSR count). The van der Waals surface area contributed by atoms with E-state index in [0.717, 1.165) is 35.0 Å². The number of aryl methyl sites for hydroxylation is 2. The lowest BCUT2D eigenvalue weighted by Crippen LogP contribution is -2.04. The molecule has 3 heterocycles. The number of rotatable bonds is 3. The Labute approximate surface area is 133 Å². The van der Waals surface area contributed by atoms with Crippen LogP contribution in [0.15, 0.2) is 24.5 Å². The van der Waals surface area contributed by atoms with Crippen molar-refractivity contribution >= 4 is 27.4 Å². The van der Waals surface area contributed by atoms with Gasteiger partial charge < -0.3 is 5.32 Å². The second-order valence-electron chi connectivity index (χ2n) is 5.56. The highest BCUT2D eigenvalue weighted by atomic mass is 32.1. The van der Waals surface area contributed by atoms with E-state index < -0.39 is 0 Å². The smallest absolute Gasteiger partial charge is 0.164 e. The Kier molecular flexibility index (Phi) is 3.50. The van der Waals surface area contributed by atoms with E-state index in [1.54, 1.807) is 6.20 Å². The standard InChI is InChI=1S/C17H18N4S/c1-2-19-16-14-12-7-3-4-8-13(12)22-17(14)21-15(20-16)11-6-5-9-18-10-11/h5-6,9-10H,2-4,7-8H2,1H3,(H,19,20,21). The monoisotopic (exact) mass is 310 g/mol. The van der Waals surface area contributed by atoms with Crippen molar-refractivity contribution in [3.05, 3.63) is 35.0 Å². The molecule has 22 heavy (non-hydrogen) atoms. The van der Waals surface area contributed by atoms with Gasteiger partial charge in [0.25, 0.3) is 0 Å². The molecular weight excluding hydrogens is 292 g/mol. The Bertz CT molecular complexity index is 810. The van der Waals surface area contributed by atoms with Crippen LogP contribution in [0.1, 0.15) is 30.2 Å². The van der Waals surface area contributed by atoms with Gasteiger partial charge >= 0.3 is 0 Å². The van der Waals surface area contributed by atoms with E-state index >= 15 is 0 Å². The number of hydrogen-bond donors (Lipinski definition) is 1. The Morgan fingerprint density at radius 1 is 1.23 bits per heavy atom. The van der Waals surface area contributed by atoms with Crippen LogP contribution in [-0.4, -0.2) is 21.5 Å². The van der Waals surface area contributed by atoms with Gasteiger partial charge in [-0.25, -0.2) is 9.97 Å². The van der Waals surface area contributed by atoms with E-state index in [1.807, 2.05) is 29.7 Å². The maximum atomic E-state index is 4.82. The molecule has 0 aromatic carbocycles. The summed E-state index contributed by atoms with van der Waals surface area (Å²) in [6.07, 6.45) is 8.50. The van der Waals surface area contributed by atoms with E-state index in [1.165, 1.54) is 35.1 Å². The molecule has 1 N–H and O–H groups in total. The molecule has 3 aromatic heterocycles. The SMILES string of the molecule is CCNc1nc(-c2cccnc2)nc2sc3c(c12)CCCC3. The quantitative estimate of drug-likeness (QED) is 0.792. The average Bonchev–Trinajstić information content (AvgIpc) is 2.94. The van der Waals surface area contributed by atoms with E-state index in [0.29, 0.717) is 0 Å². The van der Waals surface area contributed by atoms with Crippen LogP contribution in [0.2, 0.25) is 0 Å². The number of fused-ring (bicyclic) bond motifs is 3. The zero-order chi connectivity index (χ0) is 14.9. The third-order valence-electron chi connectivity index (χ3n) is 4.08. The molecule has 0 saturated heterocycles. The lowest BCUT2D eigenvalue weighted by molar-refractivity contribution is 0.700. The topological polar surface area (TPSA) is 50.7 Å². The Balaban J connectivity index is 1.95. The van der Waals surface area contributed by atoms with Crippen molar-refractivity contribution in [3.63, 3.8) is 0 Å². The van der Waals surface area contributed by atoms with Crippen LogP contribution in [0.4, 0.5) is 5.82 Å². The predicted molar refractivity (Wildman–Crippen MR) is 91.5 cm³/mol. The maximum Gasteiger partial charge on any atom is 0.164 e. The zero-order valence-electron chi connectivity index (χ0n) is 12.6. The van der Waals surface area contributed by atoms with Gasteiger partial charge in [0, 0.05) is 29.4 Å². The van der Waals surface area contributed by atoms with Gasteiger partial charge in [-0.3, -0.25) is 4.98 Å². The minimum absolute atomic E-state index is 0.759. The fourth-order valence-corrected chi connectivity index (χ4v) is 4.34. The van der Waals surface area contributed by atoms with Crippen molar-refractivity contribution in [1.82, 2.24) is 15.0 Å². The fourth-order valence-electron chi connectivity index (χ4n) is 3.08. The summed E-state index contributed by atoms with van der Waals surface area (Å²) in [5, 5.41) is 4.68. The van der Waals surface area contributed by atoms with Crippen LogP contribution in [0.3, 0.4) is 0 Å². The summed E-state index contributed by atoms with van der Waals surface area (Å²) in [6.45, 7) is 2.97. The molecule has 5 heteroatoms. The molecule has 0 radical (unpaired) electrons. The molecule has 0 amide bonds. The van der Waals surface area contributed by atoms with Crippen molar-refractivity contribution in [2.24, 2.45) is 0 Å². The van der Waals surface area contributed by atoms with Crippen LogP contribution in [-0.2, 0) is 12.8 Å². The Morgan fingerprint density at radius 2 is 2.14 bits per heavy atom. The lowest BCUT2D eigenvalue weighted by Gasteiger charge is -2.12. The summed E-state index contributed by atoms with van der Waals surface area (Å²) >= 11 is 1.84. The van der Waals surface area contributed by atoms with E-state index in [-0.39, 0.29) is 0 Å². The summed E-state index contributed by atoms with van der Waals surface area (Å²) in [5.74, 6) is 1.74. The van der Waals surface area contributed by atoms with Crippen LogP contribution in [0, 0.1) is 0 Å². The zero-order valence-corrected chi connectivity index (χ0v) is 13.4. The molecule has 0 fully saturated rings. The first-order valence-corrected chi connectivity index (χ1v) is 8.65. The first-order valence-electron chi connectivity index (χ1n) is 7.83. The molecule has 0 spiro atoms. The minimum atomic E-state index is 0.759. The molecule has 0 bridgehead atoms. The summed E-state index contributed by atoms with van der Waals surface area (Å²) in [5.41, 5.74) is 2.44. The van der Waals surface area contributed by atoms with Crippen LogP contribution >= 0.6 is 11.3 Å². The van der Waals surface area contributed by atoms with Gasteiger partial charge in [-0.1, -0.05) is 0 Å². The number of hydrogen-bond acceptors (Lipinski definition) is 5. The van der Waals surface area contributed by atoms with Crippen molar-refractivity contribution in [2.75, 3.05) is 11.9 Å². The third kappa shape index (κ3) is 2.25. The number of nitrogens with one attached hydrogen (secondary N) is 1. The molecule has 4 nitrogen and oxygen atoms in total. The normalized spacial score (nSPS) is 14.0. The first kappa shape index (κ1) is 13.6. The molecule has 1 aliphatic carbocycles. The van der Waals surface area contributed by atoms with Crippen molar-refractivity contribution in [3.8, 4) is 11.4 Å². The summed E-state index contributed by atoms with van der Waals surface area (Å²) in [6, 6.07) is 3.94. The second kappa shape index (κ2) is 5.65. The van der Waals surface area contributed by atoms with Crippen molar-refractivity contribution in [2.45, 2.75) is 32.6 Å².